The Morgan fingerprint density at radius 3 is 2.38 bits per heavy atom. The number of quaternary nitrogens is 1. The van der Waals surface area contributed by atoms with Crippen molar-refractivity contribution in [2.75, 3.05) is 33.2 Å². The Labute approximate surface area is 189 Å². The molecule has 5 rings (SSSR count). The quantitative estimate of drug-likeness (QED) is 0.617. The second-order valence-electron chi connectivity index (χ2n) is 9.15. The number of piperazine rings is 1. The molecule has 0 atom stereocenters. The molecule has 0 bridgehead atoms. The second-order valence-corrected chi connectivity index (χ2v) is 11.1. The first-order chi connectivity index (χ1) is 15.3. The number of hydrogen-bond donors (Lipinski definition) is 1. The number of aromatic nitrogens is 2. The highest BCUT2D eigenvalue weighted by molar-refractivity contribution is 7.89. The molecule has 2 aliphatic rings. The number of fused-ring (bicyclic) bond motifs is 1. The standard InChI is InChI=1S/C24H30N5O2S/c1-18-7-9-20(10-8-18)29(13-11-27(3)12-14-29)24-22-16-28(17-23(22)25-26-24)32(30,31)21-6-4-5-19(2)15-21/h4-10,15H,11-14,16-17H2,1-3H3,(H,25,26)/q+1. The zero-order valence-corrected chi connectivity index (χ0v) is 19.7. The van der Waals surface area contributed by atoms with Gasteiger partial charge in [-0.05, 0) is 50.7 Å². The smallest absolute Gasteiger partial charge is 0.256 e. The molecule has 0 amide bonds. The Kier molecular flexibility index (Phi) is 5.21. The monoisotopic (exact) mass is 452 g/mol. The largest absolute Gasteiger partial charge is 0.295 e. The number of sulfonamides is 1. The van der Waals surface area contributed by atoms with E-state index < -0.39 is 10.0 Å². The summed E-state index contributed by atoms with van der Waals surface area (Å²) in [5.74, 6) is 0.957. The van der Waals surface area contributed by atoms with Crippen LogP contribution >= 0.6 is 0 Å². The van der Waals surface area contributed by atoms with Crippen molar-refractivity contribution in [3.63, 3.8) is 0 Å². The minimum atomic E-state index is -3.57. The molecule has 168 valence electrons. The first-order valence-electron chi connectivity index (χ1n) is 11.1. The van der Waals surface area contributed by atoms with E-state index in [2.05, 4.69) is 48.2 Å². The molecule has 0 radical (unpaired) electrons. The van der Waals surface area contributed by atoms with Crippen molar-refractivity contribution in [2.45, 2.75) is 31.8 Å². The Morgan fingerprint density at radius 2 is 1.69 bits per heavy atom. The molecule has 0 unspecified atom stereocenters. The molecule has 0 saturated carbocycles. The van der Waals surface area contributed by atoms with Crippen molar-refractivity contribution in [2.24, 2.45) is 0 Å². The molecular formula is C24H30N5O2S+. The first kappa shape index (κ1) is 21.3. The predicted octanol–water partition coefficient (Wildman–Crippen LogP) is 3.32. The van der Waals surface area contributed by atoms with Gasteiger partial charge in [-0.25, -0.2) is 12.9 Å². The third kappa shape index (κ3) is 3.47. The summed E-state index contributed by atoms with van der Waals surface area (Å²) < 4.78 is 28.9. The number of H-pyrrole nitrogens is 1. The van der Waals surface area contributed by atoms with Gasteiger partial charge >= 0.3 is 0 Å². The van der Waals surface area contributed by atoms with E-state index in [9.17, 15) is 8.42 Å². The highest BCUT2D eigenvalue weighted by atomic mass is 32.2. The van der Waals surface area contributed by atoms with Crippen LogP contribution in [0.2, 0.25) is 0 Å². The lowest BCUT2D eigenvalue weighted by Gasteiger charge is -2.42. The molecule has 32 heavy (non-hydrogen) atoms. The average Bonchev–Trinajstić information content (AvgIpc) is 3.37. The van der Waals surface area contributed by atoms with E-state index in [0.717, 1.165) is 48.8 Å². The fraction of sp³-hybridized carbons (Fsp3) is 0.375. The van der Waals surface area contributed by atoms with Crippen LogP contribution in [0.15, 0.2) is 53.4 Å². The van der Waals surface area contributed by atoms with Crippen LogP contribution in [-0.4, -0.2) is 61.0 Å². The molecule has 3 heterocycles. The van der Waals surface area contributed by atoms with Gasteiger partial charge in [-0.15, -0.1) is 5.10 Å². The summed E-state index contributed by atoms with van der Waals surface area (Å²) in [6.07, 6.45) is 0. The number of likely N-dealkylation sites (N-methyl/N-ethyl adjacent to an activating group) is 1. The van der Waals surface area contributed by atoms with Gasteiger partial charge in [-0.1, -0.05) is 29.8 Å². The van der Waals surface area contributed by atoms with Crippen LogP contribution in [0.3, 0.4) is 0 Å². The van der Waals surface area contributed by atoms with Crippen LogP contribution in [-0.2, 0) is 23.1 Å². The summed E-state index contributed by atoms with van der Waals surface area (Å²) in [6.45, 7) is 8.41. The molecule has 1 N–H and O–H groups in total. The van der Waals surface area contributed by atoms with Crippen LogP contribution in [0.1, 0.15) is 22.4 Å². The van der Waals surface area contributed by atoms with Gasteiger partial charge in [-0.3, -0.25) is 10.00 Å². The zero-order valence-electron chi connectivity index (χ0n) is 18.9. The van der Waals surface area contributed by atoms with Crippen molar-refractivity contribution in [3.8, 4) is 0 Å². The minimum absolute atomic E-state index is 0.326. The minimum Gasteiger partial charge on any atom is -0.295 e. The lowest BCUT2D eigenvalue weighted by Crippen LogP contribution is -2.57. The summed E-state index contributed by atoms with van der Waals surface area (Å²) in [5.41, 5.74) is 5.29. The third-order valence-corrected chi connectivity index (χ3v) is 8.68. The third-order valence-electron chi connectivity index (χ3n) is 6.89. The zero-order chi connectivity index (χ0) is 22.5. The molecule has 8 heteroatoms. The molecule has 0 spiro atoms. The summed E-state index contributed by atoms with van der Waals surface area (Å²) in [7, 11) is -1.43. The Morgan fingerprint density at radius 1 is 0.969 bits per heavy atom. The van der Waals surface area contributed by atoms with Crippen molar-refractivity contribution in [3.05, 3.63) is 70.9 Å². The van der Waals surface area contributed by atoms with Crippen LogP contribution < -0.4 is 4.48 Å². The highest BCUT2D eigenvalue weighted by Crippen LogP contribution is 2.41. The number of aromatic amines is 1. The first-order valence-corrected chi connectivity index (χ1v) is 12.5. The van der Waals surface area contributed by atoms with E-state index in [4.69, 9.17) is 5.10 Å². The van der Waals surface area contributed by atoms with Crippen LogP contribution in [0.25, 0.3) is 0 Å². The topological polar surface area (TPSA) is 69.3 Å². The molecular weight excluding hydrogens is 422 g/mol. The van der Waals surface area contributed by atoms with E-state index >= 15 is 0 Å². The molecule has 7 nitrogen and oxygen atoms in total. The fourth-order valence-electron chi connectivity index (χ4n) is 4.87. The van der Waals surface area contributed by atoms with E-state index in [0.29, 0.717) is 22.5 Å². The number of benzene rings is 2. The maximum absolute atomic E-state index is 13.4. The average molecular weight is 453 g/mol. The Bertz CT molecular complexity index is 1240. The van der Waals surface area contributed by atoms with Gasteiger partial charge in [0.2, 0.25) is 10.0 Å². The van der Waals surface area contributed by atoms with E-state index in [-0.39, 0.29) is 0 Å². The summed E-state index contributed by atoms with van der Waals surface area (Å²) in [5, 5.41) is 7.95. The van der Waals surface area contributed by atoms with E-state index in [1.165, 1.54) is 11.3 Å². The van der Waals surface area contributed by atoms with Crippen molar-refractivity contribution in [1.82, 2.24) is 23.9 Å². The molecule has 1 fully saturated rings. The van der Waals surface area contributed by atoms with Gasteiger partial charge in [-0.2, -0.15) is 4.31 Å². The molecule has 2 aliphatic heterocycles. The van der Waals surface area contributed by atoms with E-state index in [1.54, 1.807) is 22.5 Å². The van der Waals surface area contributed by atoms with Crippen molar-refractivity contribution >= 4 is 21.5 Å². The lowest BCUT2D eigenvalue weighted by molar-refractivity contribution is 0.200. The van der Waals surface area contributed by atoms with Gasteiger partial charge in [0, 0.05) is 19.6 Å². The molecule has 0 aliphatic carbocycles. The normalized spacial score (nSPS) is 19.2. The SMILES string of the molecule is Cc1ccc([N+]2(c3n[nH]c4c3CN(S(=O)(=O)c3cccc(C)c3)C4)CCN(C)CC2)cc1. The molecule has 2 aromatic carbocycles. The summed E-state index contributed by atoms with van der Waals surface area (Å²) in [4.78, 5) is 2.69. The Balaban J connectivity index is 1.53. The summed E-state index contributed by atoms with van der Waals surface area (Å²) in [6, 6.07) is 15.8. The van der Waals surface area contributed by atoms with Gasteiger partial charge < -0.3 is 0 Å². The fourth-order valence-corrected chi connectivity index (χ4v) is 6.36. The molecule has 1 aromatic heterocycles. The maximum Gasteiger partial charge on any atom is 0.256 e. The van der Waals surface area contributed by atoms with Crippen molar-refractivity contribution < 1.29 is 8.42 Å². The number of nitrogens with one attached hydrogen (secondary N) is 1. The number of nitrogens with zero attached hydrogens (tertiary/aromatic N) is 4. The van der Waals surface area contributed by atoms with Crippen LogP contribution in [0, 0.1) is 13.8 Å². The lowest BCUT2D eigenvalue weighted by atomic mass is 10.1. The molecule has 3 aromatic rings. The number of rotatable bonds is 4. The number of aryl methyl sites for hydroxylation is 2. The Hall–Kier alpha value is -2.52. The maximum atomic E-state index is 13.4. The van der Waals surface area contributed by atoms with Crippen LogP contribution in [0.4, 0.5) is 11.5 Å². The van der Waals surface area contributed by atoms with Crippen molar-refractivity contribution in [1.29, 1.82) is 0 Å². The summed E-state index contributed by atoms with van der Waals surface area (Å²) >= 11 is 0. The highest BCUT2D eigenvalue weighted by Gasteiger charge is 2.45. The predicted molar refractivity (Wildman–Crippen MR) is 126 cm³/mol. The second kappa shape index (κ2) is 7.81. The van der Waals surface area contributed by atoms with Gasteiger partial charge in [0.1, 0.15) is 18.8 Å². The van der Waals surface area contributed by atoms with E-state index in [1.807, 2.05) is 13.0 Å². The number of hydrogen-bond acceptors (Lipinski definition) is 4. The van der Waals surface area contributed by atoms with Gasteiger partial charge in [0.25, 0.3) is 5.82 Å². The molecule has 1 saturated heterocycles. The van der Waals surface area contributed by atoms with Gasteiger partial charge in [0.15, 0.2) is 0 Å². The van der Waals surface area contributed by atoms with Crippen LogP contribution in [0.5, 0.6) is 0 Å². The van der Waals surface area contributed by atoms with Gasteiger partial charge in [0.05, 0.1) is 22.7 Å².